The summed E-state index contributed by atoms with van der Waals surface area (Å²) in [4.78, 5) is 19.0. The number of guanidine groups is 1. The summed E-state index contributed by atoms with van der Waals surface area (Å²) >= 11 is 0. The fourth-order valence-corrected chi connectivity index (χ4v) is 0.454. The molecule has 0 saturated heterocycles. The number of methoxy groups -OCH3 is 1. The van der Waals surface area contributed by atoms with Crippen LogP contribution in [0.25, 0.3) is 0 Å². The molecule has 0 radical (unpaired) electrons. The van der Waals surface area contributed by atoms with E-state index in [0.29, 0.717) is 0 Å². The van der Waals surface area contributed by atoms with Gasteiger partial charge in [0, 0.05) is 6.92 Å². The molecule has 0 aromatic carbocycles. The molecule has 0 saturated carbocycles. The third-order valence-corrected chi connectivity index (χ3v) is 1.24. The molecule has 9 nitrogen and oxygen atoms in total. The second-order valence-electron chi connectivity index (χ2n) is 2.20. The second-order valence-corrected chi connectivity index (χ2v) is 4.08. The van der Waals surface area contributed by atoms with Gasteiger partial charge in [-0.2, -0.15) is 0 Å². The van der Waals surface area contributed by atoms with E-state index in [4.69, 9.17) is 15.3 Å². The Kier molecular flexibility index (Phi) is 11.9. The third kappa shape index (κ3) is 39.9. The van der Waals surface area contributed by atoms with Crippen LogP contribution in [0.15, 0.2) is 0 Å². The van der Waals surface area contributed by atoms with Crippen LogP contribution in [0.4, 0.5) is 4.79 Å². The van der Waals surface area contributed by atoms with Crippen molar-refractivity contribution in [2.45, 2.75) is 6.92 Å². The van der Waals surface area contributed by atoms with Gasteiger partial charge in [-0.1, -0.05) is 0 Å². The van der Waals surface area contributed by atoms with Crippen molar-refractivity contribution < 1.29 is 27.9 Å². The zero-order valence-corrected chi connectivity index (χ0v) is 9.87. The number of rotatable bonds is 0. The lowest BCUT2D eigenvalue weighted by Crippen LogP contribution is -2.20. The number of carbonyl (C=O) groups is 2. The van der Waals surface area contributed by atoms with Crippen molar-refractivity contribution in [1.82, 2.24) is 0 Å². The highest BCUT2D eigenvalue weighted by molar-refractivity contribution is 8.05. The molecule has 0 aromatic heterocycles. The van der Waals surface area contributed by atoms with Crippen molar-refractivity contribution in [1.29, 1.82) is 5.41 Å². The minimum absolute atomic E-state index is 0.333. The van der Waals surface area contributed by atoms with Crippen molar-refractivity contribution in [3.05, 3.63) is 0 Å². The summed E-state index contributed by atoms with van der Waals surface area (Å²) < 4.78 is 24.1. The zero-order chi connectivity index (χ0) is 13.9. The van der Waals surface area contributed by atoms with Gasteiger partial charge in [-0.05, 0) is 0 Å². The molecule has 16 heavy (non-hydrogen) atoms. The summed E-state index contributed by atoms with van der Waals surface area (Å²) in [5.41, 5.74) is 8.94. The van der Waals surface area contributed by atoms with Gasteiger partial charge in [0.15, 0.2) is 5.96 Å². The fourth-order valence-electron chi connectivity index (χ4n) is 0.151. The molecular weight excluding hydrogens is 242 g/mol. The summed E-state index contributed by atoms with van der Waals surface area (Å²) in [6, 6.07) is 0. The molecule has 0 aliphatic heterocycles. The number of carboxylic acid groups (broad SMARTS) is 1. The molecule has 0 spiro atoms. The maximum atomic E-state index is 10.1. The highest BCUT2D eigenvalue weighted by atomic mass is 32.2. The highest BCUT2D eigenvalue weighted by Crippen LogP contribution is 1.86. The Morgan fingerprint density at radius 3 is 1.50 bits per heavy atom. The second kappa shape index (κ2) is 9.71. The Morgan fingerprint density at radius 2 is 1.50 bits per heavy atom. The normalized spacial score (nSPS) is 8.44. The zero-order valence-electron chi connectivity index (χ0n) is 9.05. The lowest BCUT2D eigenvalue weighted by Gasteiger charge is -1.90. The molecular formula is C6H15N3O6S. The van der Waals surface area contributed by atoms with E-state index in [1.165, 1.54) is 0 Å². The Hall–Kier alpha value is -1.84. The van der Waals surface area contributed by atoms with Gasteiger partial charge in [-0.25, -0.2) is 13.2 Å². The van der Waals surface area contributed by atoms with Gasteiger partial charge in [0.2, 0.25) is 9.84 Å². The first-order valence-electron chi connectivity index (χ1n) is 3.52. The Balaban J connectivity index is -0.000000179. The minimum Gasteiger partial charge on any atom is -0.481 e. The number of nitrogens with two attached hydrogens (primary N) is 2. The molecule has 0 unspecified atom stereocenters. The number of ether oxygens (including phenoxy) is 1. The number of hydrogen-bond acceptors (Lipinski definition) is 6. The largest absolute Gasteiger partial charge is 0.481 e. The van der Waals surface area contributed by atoms with E-state index in [1.54, 1.807) is 0 Å². The maximum Gasteiger partial charge on any atom is 0.424 e. The Labute approximate surface area is 92.8 Å². The molecule has 0 amide bonds. The van der Waals surface area contributed by atoms with Crippen molar-refractivity contribution in [3.63, 3.8) is 0 Å². The number of carboxylic acids is 1. The minimum atomic E-state index is -3.61. The van der Waals surface area contributed by atoms with Gasteiger partial charge in [-0.3, -0.25) is 10.2 Å². The molecule has 0 aliphatic carbocycles. The Bertz CT molecular complexity index is 316. The molecule has 96 valence electrons. The summed E-state index contributed by atoms with van der Waals surface area (Å²) in [6.45, 7) is 1.08. The van der Waals surface area contributed by atoms with Crippen LogP contribution in [0.2, 0.25) is 0 Å². The molecule has 6 N–H and O–H groups in total. The monoisotopic (exact) mass is 257 g/mol. The van der Waals surface area contributed by atoms with E-state index in [2.05, 4.69) is 16.2 Å². The lowest BCUT2D eigenvalue weighted by atomic mass is 10.9. The van der Waals surface area contributed by atoms with Crippen LogP contribution in [0.1, 0.15) is 6.92 Å². The van der Waals surface area contributed by atoms with Crippen molar-refractivity contribution >= 4 is 27.1 Å². The van der Waals surface area contributed by atoms with E-state index >= 15 is 0 Å². The predicted molar refractivity (Wildman–Crippen MR) is 56.7 cm³/mol. The number of aliphatic carboxylic acids is 1. The number of sulfone groups is 1. The molecule has 0 aromatic rings. The molecule has 0 atom stereocenters. The van der Waals surface area contributed by atoms with Gasteiger partial charge in [0.25, 0.3) is 5.97 Å². The molecule has 10 heteroatoms. The van der Waals surface area contributed by atoms with Crippen molar-refractivity contribution in [2.75, 3.05) is 13.4 Å². The maximum absolute atomic E-state index is 10.1. The first-order chi connectivity index (χ1) is 6.95. The van der Waals surface area contributed by atoms with Crippen molar-refractivity contribution in [3.8, 4) is 0 Å². The fraction of sp³-hybridized carbons (Fsp3) is 0.500. The van der Waals surface area contributed by atoms with Gasteiger partial charge < -0.3 is 21.3 Å². The summed E-state index contributed by atoms with van der Waals surface area (Å²) in [7, 11) is -2.60. The van der Waals surface area contributed by atoms with Gasteiger partial charge >= 0.3 is 5.30 Å². The standard InChI is InChI=1S/C3H6O4S.C2H4O2.CH5N3/c1-7-3(4)8(2,5)6;1-2(3)4;2-1(3)4/h1-2H3;1H3,(H,3,4);(H5,2,3,4). The third-order valence-electron chi connectivity index (χ3n) is 0.469. The van der Waals surface area contributed by atoms with Gasteiger partial charge in [0.1, 0.15) is 0 Å². The van der Waals surface area contributed by atoms with Crippen LogP contribution in [-0.2, 0) is 19.4 Å². The van der Waals surface area contributed by atoms with Gasteiger partial charge in [0.05, 0.1) is 13.4 Å². The lowest BCUT2D eigenvalue weighted by molar-refractivity contribution is -0.134. The SMILES string of the molecule is CC(=O)O.COC(=O)S(C)(=O)=O.N=C(N)N. The van der Waals surface area contributed by atoms with E-state index in [9.17, 15) is 13.2 Å². The topological polar surface area (TPSA) is 174 Å². The molecule has 0 aliphatic rings. The molecule has 0 bridgehead atoms. The summed E-state index contributed by atoms with van der Waals surface area (Å²) in [6.07, 6.45) is 0.791. The number of carbonyl (C=O) groups excluding carboxylic acids is 1. The van der Waals surface area contributed by atoms with E-state index in [-0.39, 0.29) is 5.96 Å². The summed E-state index contributed by atoms with van der Waals surface area (Å²) in [5, 5.41) is 12.3. The quantitative estimate of drug-likeness (QED) is 0.236. The molecule has 0 rings (SSSR count). The summed E-state index contributed by atoms with van der Waals surface area (Å²) in [5.74, 6) is -1.17. The molecule has 0 fully saturated rings. The highest BCUT2D eigenvalue weighted by Gasteiger charge is 2.14. The van der Waals surface area contributed by atoms with Crippen LogP contribution in [0.3, 0.4) is 0 Å². The van der Waals surface area contributed by atoms with E-state index < -0.39 is 21.1 Å². The first kappa shape index (κ1) is 19.7. The Morgan fingerprint density at radius 1 is 1.31 bits per heavy atom. The average molecular weight is 257 g/mol. The number of nitrogens with one attached hydrogen (secondary N) is 1. The van der Waals surface area contributed by atoms with Crippen LogP contribution < -0.4 is 11.5 Å². The van der Waals surface area contributed by atoms with E-state index in [1.807, 2.05) is 0 Å². The van der Waals surface area contributed by atoms with Crippen LogP contribution in [0.5, 0.6) is 0 Å². The smallest absolute Gasteiger partial charge is 0.424 e. The van der Waals surface area contributed by atoms with Crippen LogP contribution in [-0.4, -0.2) is 44.1 Å². The van der Waals surface area contributed by atoms with Gasteiger partial charge in [-0.15, -0.1) is 0 Å². The molecule has 0 heterocycles. The van der Waals surface area contributed by atoms with Crippen LogP contribution in [0, 0.1) is 5.41 Å². The predicted octanol–water partition coefficient (Wildman–Crippen LogP) is -1.27. The van der Waals surface area contributed by atoms with Crippen molar-refractivity contribution in [2.24, 2.45) is 11.5 Å². The van der Waals surface area contributed by atoms with E-state index in [0.717, 1.165) is 20.3 Å². The first-order valence-corrected chi connectivity index (χ1v) is 5.41. The van der Waals surface area contributed by atoms with Crippen LogP contribution >= 0.6 is 0 Å². The average Bonchev–Trinajstić information content (AvgIpc) is 1.98. The number of hydrogen-bond donors (Lipinski definition) is 4.